The number of amides is 1. The molecule has 1 heterocycles. The van der Waals surface area contributed by atoms with Crippen molar-refractivity contribution in [1.29, 1.82) is 0 Å². The van der Waals surface area contributed by atoms with Gasteiger partial charge >= 0.3 is 6.18 Å². The summed E-state index contributed by atoms with van der Waals surface area (Å²) in [4.78, 5) is 13.2. The van der Waals surface area contributed by atoms with Crippen molar-refractivity contribution >= 4 is 44.4 Å². The Bertz CT molecular complexity index is 659. The Hall–Kier alpha value is -1.03. The number of rotatable bonds is 4. The Labute approximate surface area is 146 Å². The highest BCUT2D eigenvalue weighted by atomic mass is 127. The van der Waals surface area contributed by atoms with Crippen LogP contribution in [0.3, 0.4) is 0 Å². The van der Waals surface area contributed by atoms with Crippen molar-refractivity contribution in [2.24, 2.45) is 0 Å². The molecule has 0 N–H and O–H groups in total. The van der Waals surface area contributed by atoms with Gasteiger partial charge in [-0.1, -0.05) is 15.9 Å². The second-order valence-electron chi connectivity index (χ2n) is 4.48. The maximum Gasteiger partial charge on any atom is 0.406 e. The number of alkyl halides is 3. The van der Waals surface area contributed by atoms with Gasteiger partial charge in [-0.15, -0.1) is 0 Å². The molecule has 2 aromatic rings. The van der Waals surface area contributed by atoms with E-state index >= 15 is 0 Å². The van der Waals surface area contributed by atoms with Gasteiger partial charge in [0.1, 0.15) is 12.3 Å². The van der Waals surface area contributed by atoms with Gasteiger partial charge in [0.2, 0.25) is 0 Å². The van der Waals surface area contributed by atoms with Crippen LogP contribution in [-0.4, -0.2) is 23.5 Å². The fraction of sp³-hybridized carbons (Fsp3) is 0.214. The molecule has 0 aliphatic heterocycles. The number of nitrogens with zero attached hydrogens (tertiary/aromatic N) is 1. The molecule has 8 heteroatoms. The van der Waals surface area contributed by atoms with E-state index in [0.717, 1.165) is 4.90 Å². The maximum atomic E-state index is 12.8. The molecule has 0 atom stereocenters. The van der Waals surface area contributed by atoms with E-state index in [1.165, 1.54) is 18.4 Å². The van der Waals surface area contributed by atoms with Gasteiger partial charge in [0, 0.05) is 8.04 Å². The van der Waals surface area contributed by atoms with Crippen LogP contribution in [0.1, 0.15) is 16.1 Å². The summed E-state index contributed by atoms with van der Waals surface area (Å²) in [7, 11) is 0. The molecule has 0 radical (unpaired) electrons. The van der Waals surface area contributed by atoms with Crippen molar-refractivity contribution < 1.29 is 22.4 Å². The summed E-state index contributed by atoms with van der Waals surface area (Å²) in [6.07, 6.45) is -3.13. The number of carbonyl (C=O) groups excluding carboxylic acids is 1. The minimum absolute atomic E-state index is 0.214. The normalized spacial score (nSPS) is 11.5. The molecule has 1 amide bonds. The predicted octanol–water partition coefficient (Wildman–Crippen LogP) is 4.85. The Morgan fingerprint density at radius 3 is 2.64 bits per heavy atom. The van der Waals surface area contributed by atoms with Crippen LogP contribution < -0.4 is 0 Å². The average molecular weight is 488 g/mol. The molecule has 0 bridgehead atoms. The minimum atomic E-state index is -4.49. The van der Waals surface area contributed by atoms with Gasteiger partial charge in [0.25, 0.3) is 5.91 Å². The standard InChI is InChI=1S/C14H10BrF3INO2/c15-9-3-4-12(19)11(6-9)13(21)20(8-14(16,17)18)7-10-2-1-5-22-10/h1-6H,7-8H2. The van der Waals surface area contributed by atoms with Crippen LogP contribution >= 0.6 is 38.5 Å². The van der Waals surface area contributed by atoms with E-state index in [9.17, 15) is 18.0 Å². The Morgan fingerprint density at radius 1 is 1.32 bits per heavy atom. The van der Waals surface area contributed by atoms with Crippen molar-refractivity contribution in [3.05, 3.63) is 56.0 Å². The molecule has 0 saturated heterocycles. The number of furan rings is 1. The van der Waals surface area contributed by atoms with E-state index in [0.29, 0.717) is 13.8 Å². The lowest BCUT2D eigenvalue weighted by Gasteiger charge is -2.23. The van der Waals surface area contributed by atoms with E-state index in [2.05, 4.69) is 15.9 Å². The van der Waals surface area contributed by atoms with Crippen molar-refractivity contribution in [2.45, 2.75) is 12.7 Å². The fourth-order valence-electron chi connectivity index (χ4n) is 1.84. The molecule has 0 saturated carbocycles. The van der Waals surface area contributed by atoms with Gasteiger partial charge in [-0.3, -0.25) is 4.79 Å². The monoisotopic (exact) mass is 487 g/mol. The van der Waals surface area contributed by atoms with Crippen LogP contribution in [0.2, 0.25) is 0 Å². The molecule has 0 aliphatic rings. The first-order chi connectivity index (χ1) is 10.3. The van der Waals surface area contributed by atoms with Crippen LogP contribution in [0.25, 0.3) is 0 Å². The van der Waals surface area contributed by atoms with Gasteiger partial charge in [0.15, 0.2) is 0 Å². The minimum Gasteiger partial charge on any atom is -0.467 e. The van der Waals surface area contributed by atoms with E-state index in [-0.39, 0.29) is 12.1 Å². The summed E-state index contributed by atoms with van der Waals surface area (Å²) in [5, 5.41) is 0. The van der Waals surface area contributed by atoms with Crippen LogP contribution in [0, 0.1) is 3.57 Å². The molecule has 2 rings (SSSR count). The van der Waals surface area contributed by atoms with E-state index in [4.69, 9.17) is 4.42 Å². The SMILES string of the molecule is O=C(c1cc(Br)ccc1I)N(Cc1ccco1)CC(F)(F)F. The third-order valence-electron chi connectivity index (χ3n) is 2.74. The maximum absolute atomic E-state index is 12.8. The smallest absolute Gasteiger partial charge is 0.406 e. The Morgan fingerprint density at radius 2 is 2.05 bits per heavy atom. The van der Waals surface area contributed by atoms with Crippen LogP contribution in [-0.2, 0) is 6.54 Å². The number of benzene rings is 1. The molecule has 1 aromatic carbocycles. The number of halogens is 5. The zero-order valence-corrected chi connectivity index (χ0v) is 14.8. The molecular formula is C14H10BrF3INO2. The largest absolute Gasteiger partial charge is 0.467 e. The van der Waals surface area contributed by atoms with Gasteiger partial charge in [-0.25, -0.2) is 0 Å². The van der Waals surface area contributed by atoms with E-state index < -0.39 is 18.6 Å². The Kier molecular flexibility index (Phi) is 5.54. The molecule has 0 aliphatic carbocycles. The fourth-order valence-corrected chi connectivity index (χ4v) is 2.77. The summed E-state index contributed by atoms with van der Waals surface area (Å²) in [6, 6.07) is 7.99. The molecular weight excluding hydrogens is 478 g/mol. The molecule has 1 aromatic heterocycles. The number of hydrogen-bond acceptors (Lipinski definition) is 2. The van der Waals surface area contributed by atoms with Gasteiger partial charge in [-0.05, 0) is 52.9 Å². The highest BCUT2D eigenvalue weighted by Crippen LogP contribution is 2.24. The molecule has 3 nitrogen and oxygen atoms in total. The summed E-state index contributed by atoms with van der Waals surface area (Å²) >= 11 is 5.14. The van der Waals surface area contributed by atoms with Crippen molar-refractivity contribution in [3.8, 4) is 0 Å². The van der Waals surface area contributed by atoms with Crippen molar-refractivity contribution in [3.63, 3.8) is 0 Å². The lowest BCUT2D eigenvalue weighted by atomic mass is 10.2. The first kappa shape index (κ1) is 17.3. The third kappa shape index (κ3) is 4.73. The summed E-state index contributed by atoms with van der Waals surface area (Å²) < 4.78 is 44.5. The zero-order chi connectivity index (χ0) is 16.3. The number of carbonyl (C=O) groups is 1. The van der Waals surface area contributed by atoms with E-state index in [1.807, 2.05) is 22.6 Å². The van der Waals surface area contributed by atoms with Gasteiger partial charge < -0.3 is 9.32 Å². The number of hydrogen-bond donors (Lipinski definition) is 0. The second kappa shape index (κ2) is 7.03. The predicted molar refractivity (Wildman–Crippen MR) is 86.4 cm³/mol. The summed E-state index contributed by atoms with van der Waals surface area (Å²) in [6.45, 7) is -1.58. The van der Waals surface area contributed by atoms with Gasteiger partial charge in [0.05, 0.1) is 18.4 Å². The molecule has 0 unspecified atom stereocenters. The molecule has 0 fully saturated rings. The molecule has 0 spiro atoms. The first-order valence-corrected chi connectivity index (χ1v) is 7.97. The van der Waals surface area contributed by atoms with Crippen molar-refractivity contribution in [1.82, 2.24) is 4.90 Å². The molecule has 118 valence electrons. The van der Waals surface area contributed by atoms with E-state index in [1.54, 1.807) is 18.2 Å². The molecule has 22 heavy (non-hydrogen) atoms. The van der Waals surface area contributed by atoms with Crippen LogP contribution in [0.4, 0.5) is 13.2 Å². The quantitative estimate of drug-likeness (QED) is 0.577. The highest BCUT2D eigenvalue weighted by Gasteiger charge is 2.34. The summed E-state index contributed by atoms with van der Waals surface area (Å²) in [5.41, 5.74) is 0.214. The van der Waals surface area contributed by atoms with Gasteiger partial charge in [-0.2, -0.15) is 13.2 Å². The topological polar surface area (TPSA) is 33.5 Å². The highest BCUT2D eigenvalue weighted by molar-refractivity contribution is 14.1. The first-order valence-electron chi connectivity index (χ1n) is 6.10. The Balaban J connectivity index is 2.30. The lowest BCUT2D eigenvalue weighted by Crippen LogP contribution is -2.38. The lowest BCUT2D eigenvalue weighted by molar-refractivity contribution is -0.142. The zero-order valence-electron chi connectivity index (χ0n) is 11.0. The van der Waals surface area contributed by atoms with Crippen LogP contribution in [0.5, 0.6) is 0 Å². The van der Waals surface area contributed by atoms with Crippen LogP contribution in [0.15, 0.2) is 45.5 Å². The second-order valence-corrected chi connectivity index (χ2v) is 6.56. The third-order valence-corrected chi connectivity index (χ3v) is 4.18. The van der Waals surface area contributed by atoms with Crippen molar-refractivity contribution in [2.75, 3.05) is 6.54 Å². The average Bonchev–Trinajstić information content (AvgIpc) is 2.91. The summed E-state index contributed by atoms with van der Waals surface area (Å²) in [5.74, 6) is -0.401.